The summed E-state index contributed by atoms with van der Waals surface area (Å²) in [4.78, 5) is 2.27. The lowest BCUT2D eigenvalue weighted by molar-refractivity contribution is 0.143. The van der Waals surface area contributed by atoms with Crippen LogP contribution >= 0.6 is 0 Å². The maximum Gasteiger partial charge on any atom is 0.101 e. The molecule has 0 aromatic heterocycles. The SMILES string of the molecule is COCC1CCCN(c2cccc(C#N)c2N)C1. The van der Waals surface area contributed by atoms with Gasteiger partial charge in [-0.2, -0.15) is 5.26 Å². The Morgan fingerprint density at radius 3 is 3.11 bits per heavy atom. The summed E-state index contributed by atoms with van der Waals surface area (Å²) in [6.07, 6.45) is 2.34. The minimum atomic E-state index is 0.550. The van der Waals surface area contributed by atoms with Crippen molar-refractivity contribution in [2.24, 2.45) is 5.92 Å². The molecule has 1 fully saturated rings. The molecule has 0 bridgehead atoms. The van der Waals surface area contributed by atoms with E-state index >= 15 is 0 Å². The molecule has 96 valence electrons. The minimum Gasteiger partial charge on any atom is -0.396 e. The van der Waals surface area contributed by atoms with Gasteiger partial charge >= 0.3 is 0 Å². The molecule has 1 unspecified atom stereocenters. The number of nitrogens with two attached hydrogens (primary N) is 1. The van der Waals surface area contributed by atoms with Crippen molar-refractivity contribution in [1.29, 1.82) is 5.26 Å². The number of methoxy groups -OCH3 is 1. The van der Waals surface area contributed by atoms with E-state index in [-0.39, 0.29) is 0 Å². The van der Waals surface area contributed by atoms with Gasteiger partial charge in [0.2, 0.25) is 0 Å². The highest BCUT2D eigenvalue weighted by Gasteiger charge is 2.21. The Kier molecular flexibility index (Phi) is 4.06. The van der Waals surface area contributed by atoms with Crippen molar-refractivity contribution in [3.63, 3.8) is 0 Å². The van der Waals surface area contributed by atoms with Crippen molar-refractivity contribution in [3.05, 3.63) is 23.8 Å². The molecule has 0 radical (unpaired) electrons. The molecule has 1 heterocycles. The third-order valence-corrected chi connectivity index (χ3v) is 3.47. The average Bonchev–Trinajstić information content (AvgIpc) is 2.40. The Hall–Kier alpha value is -1.73. The summed E-state index contributed by atoms with van der Waals surface area (Å²) in [6, 6.07) is 7.78. The minimum absolute atomic E-state index is 0.550. The molecule has 2 rings (SSSR count). The van der Waals surface area contributed by atoms with E-state index in [1.54, 1.807) is 13.2 Å². The van der Waals surface area contributed by atoms with Gasteiger partial charge in [-0.1, -0.05) is 6.07 Å². The lowest BCUT2D eigenvalue weighted by atomic mass is 9.98. The Bertz CT molecular complexity index is 451. The summed E-state index contributed by atoms with van der Waals surface area (Å²) in [7, 11) is 1.74. The topological polar surface area (TPSA) is 62.3 Å². The zero-order valence-corrected chi connectivity index (χ0v) is 10.7. The fraction of sp³-hybridized carbons (Fsp3) is 0.500. The Labute approximate surface area is 108 Å². The van der Waals surface area contributed by atoms with Crippen LogP contribution in [0, 0.1) is 17.2 Å². The highest BCUT2D eigenvalue weighted by molar-refractivity contribution is 5.74. The number of anilines is 2. The van der Waals surface area contributed by atoms with Gasteiger partial charge in [-0.15, -0.1) is 0 Å². The van der Waals surface area contributed by atoms with Crippen molar-refractivity contribution in [3.8, 4) is 6.07 Å². The number of nitrogens with zero attached hydrogens (tertiary/aromatic N) is 2. The average molecular weight is 245 g/mol. The van der Waals surface area contributed by atoms with E-state index in [1.807, 2.05) is 12.1 Å². The van der Waals surface area contributed by atoms with Crippen LogP contribution in [-0.4, -0.2) is 26.8 Å². The quantitative estimate of drug-likeness (QED) is 0.827. The third kappa shape index (κ3) is 2.57. The predicted molar refractivity (Wildman–Crippen MR) is 72.4 cm³/mol. The maximum absolute atomic E-state index is 9.01. The molecule has 1 saturated heterocycles. The first-order chi connectivity index (χ1) is 8.76. The van der Waals surface area contributed by atoms with Crippen molar-refractivity contribution in [2.45, 2.75) is 12.8 Å². The van der Waals surface area contributed by atoms with Crippen LogP contribution < -0.4 is 10.6 Å². The molecule has 1 aromatic carbocycles. The van der Waals surface area contributed by atoms with Gasteiger partial charge in [0, 0.05) is 20.2 Å². The summed E-state index contributed by atoms with van der Waals surface area (Å²) in [6.45, 7) is 2.74. The summed E-state index contributed by atoms with van der Waals surface area (Å²) >= 11 is 0. The molecular weight excluding hydrogens is 226 g/mol. The number of piperidine rings is 1. The molecular formula is C14H19N3O. The van der Waals surface area contributed by atoms with E-state index in [0.717, 1.165) is 31.8 Å². The van der Waals surface area contributed by atoms with Crippen LogP contribution in [0.25, 0.3) is 0 Å². The summed E-state index contributed by atoms with van der Waals surface area (Å²) in [5, 5.41) is 9.01. The van der Waals surface area contributed by atoms with Gasteiger partial charge in [-0.05, 0) is 30.9 Å². The van der Waals surface area contributed by atoms with Gasteiger partial charge < -0.3 is 15.4 Å². The maximum atomic E-state index is 9.01. The predicted octanol–water partition coefficient (Wildman–Crippen LogP) is 2.00. The van der Waals surface area contributed by atoms with Crippen molar-refractivity contribution in [2.75, 3.05) is 37.4 Å². The van der Waals surface area contributed by atoms with Crippen LogP contribution in [-0.2, 0) is 4.74 Å². The molecule has 4 heteroatoms. The van der Waals surface area contributed by atoms with Gasteiger partial charge in [-0.3, -0.25) is 0 Å². The summed E-state index contributed by atoms with van der Waals surface area (Å²) < 4.78 is 5.23. The second-order valence-electron chi connectivity index (χ2n) is 4.76. The smallest absolute Gasteiger partial charge is 0.101 e. The number of para-hydroxylation sites is 1. The third-order valence-electron chi connectivity index (χ3n) is 3.47. The number of hydrogen-bond acceptors (Lipinski definition) is 4. The lowest BCUT2D eigenvalue weighted by Crippen LogP contribution is -2.37. The molecule has 0 aliphatic carbocycles. The number of rotatable bonds is 3. The van der Waals surface area contributed by atoms with E-state index in [4.69, 9.17) is 15.7 Å². The van der Waals surface area contributed by atoms with E-state index in [0.29, 0.717) is 17.2 Å². The van der Waals surface area contributed by atoms with Crippen LogP contribution in [0.1, 0.15) is 18.4 Å². The Balaban J connectivity index is 2.18. The van der Waals surface area contributed by atoms with Crippen molar-refractivity contribution >= 4 is 11.4 Å². The zero-order valence-electron chi connectivity index (χ0n) is 10.7. The van der Waals surface area contributed by atoms with Gasteiger partial charge in [0.25, 0.3) is 0 Å². The molecule has 18 heavy (non-hydrogen) atoms. The first kappa shape index (κ1) is 12.7. The Morgan fingerprint density at radius 2 is 2.39 bits per heavy atom. The van der Waals surface area contributed by atoms with E-state index in [9.17, 15) is 0 Å². The van der Waals surface area contributed by atoms with Gasteiger partial charge in [0.15, 0.2) is 0 Å². The first-order valence-electron chi connectivity index (χ1n) is 6.28. The largest absolute Gasteiger partial charge is 0.396 e. The normalized spacial score (nSPS) is 19.6. The van der Waals surface area contributed by atoms with Crippen LogP contribution in [0.2, 0.25) is 0 Å². The number of nitriles is 1. The van der Waals surface area contributed by atoms with Gasteiger partial charge in [0.05, 0.1) is 23.5 Å². The van der Waals surface area contributed by atoms with Crippen molar-refractivity contribution in [1.82, 2.24) is 0 Å². The summed E-state index contributed by atoms with van der Waals surface area (Å²) in [5.74, 6) is 0.550. The molecule has 0 spiro atoms. The molecule has 0 amide bonds. The monoisotopic (exact) mass is 245 g/mol. The van der Waals surface area contributed by atoms with E-state index in [1.165, 1.54) is 6.42 Å². The highest BCUT2D eigenvalue weighted by atomic mass is 16.5. The molecule has 1 aliphatic heterocycles. The molecule has 0 saturated carbocycles. The fourth-order valence-corrected chi connectivity index (χ4v) is 2.58. The molecule has 4 nitrogen and oxygen atoms in total. The van der Waals surface area contributed by atoms with Crippen LogP contribution in [0.5, 0.6) is 0 Å². The first-order valence-corrected chi connectivity index (χ1v) is 6.28. The van der Waals surface area contributed by atoms with Gasteiger partial charge in [0.1, 0.15) is 6.07 Å². The lowest BCUT2D eigenvalue weighted by Gasteiger charge is -2.34. The van der Waals surface area contributed by atoms with E-state index in [2.05, 4.69) is 11.0 Å². The number of ether oxygens (including phenoxy) is 1. The molecule has 1 atom stereocenters. The molecule has 1 aromatic rings. The number of benzene rings is 1. The molecule has 2 N–H and O–H groups in total. The highest BCUT2D eigenvalue weighted by Crippen LogP contribution is 2.30. The molecule has 1 aliphatic rings. The second-order valence-corrected chi connectivity index (χ2v) is 4.76. The van der Waals surface area contributed by atoms with Crippen molar-refractivity contribution < 1.29 is 4.74 Å². The number of nitrogen functional groups attached to an aromatic ring is 1. The van der Waals surface area contributed by atoms with Crippen LogP contribution in [0.4, 0.5) is 11.4 Å². The zero-order chi connectivity index (χ0) is 13.0. The standard InChI is InChI=1S/C14H19N3O/c1-18-10-11-4-3-7-17(9-11)13-6-2-5-12(8-15)14(13)16/h2,5-6,11H,3-4,7,9-10,16H2,1H3. The Morgan fingerprint density at radius 1 is 1.56 bits per heavy atom. The second kappa shape index (κ2) is 5.74. The number of hydrogen-bond donors (Lipinski definition) is 1. The van der Waals surface area contributed by atoms with E-state index < -0.39 is 0 Å². The summed E-state index contributed by atoms with van der Waals surface area (Å²) in [5.41, 5.74) is 8.18. The van der Waals surface area contributed by atoms with Crippen LogP contribution in [0.3, 0.4) is 0 Å². The van der Waals surface area contributed by atoms with Gasteiger partial charge in [-0.25, -0.2) is 0 Å². The fourth-order valence-electron chi connectivity index (χ4n) is 2.58. The van der Waals surface area contributed by atoms with Crippen LogP contribution in [0.15, 0.2) is 18.2 Å².